The lowest BCUT2D eigenvalue weighted by Crippen LogP contribution is -2.47. The zero-order valence-corrected chi connectivity index (χ0v) is 12.7. The van der Waals surface area contributed by atoms with Crippen molar-refractivity contribution in [3.63, 3.8) is 0 Å². The molecule has 0 bridgehead atoms. The minimum absolute atomic E-state index is 0.298. The fraction of sp³-hybridized carbons (Fsp3) is 0.556. The van der Waals surface area contributed by atoms with E-state index in [0.717, 1.165) is 25.3 Å². The van der Waals surface area contributed by atoms with Crippen LogP contribution in [0.2, 0.25) is 0 Å². The molecule has 2 aromatic rings. The van der Waals surface area contributed by atoms with Gasteiger partial charge in [0.1, 0.15) is 0 Å². The SMILES string of the molecule is CC[C@@H]1C[C@@H](CO)[C@@H]2c3[nH]c4ccccc4c3CCN2C1. The first-order valence-electron chi connectivity index (χ1n) is 8.26. The molecular weight excluding hydrogens is 260 g/mol. The average Bonchev–Trinajstić information content (AvgIpc) is 2.92. The first kappa shape index (κ1) is 13.4. The lowest BCUT2D eigenvalue weighted by atomic mass is 9.78. The second-order valence-corrected chi connectivity index (χ2v) is 6.71. The Kier molecular flexibility index (Phi) is 3.27. The van der Waals surface area contributed by atoms with Crippen LogP contribution in [-0.2, 0) is 6.42 Å². The third-order valence-electron chi connectivity index (χ3n) is 5.57. The van der Waals surface area contributed by atoms with E-state index in [1.165, 1.54) is 35.1 Å². The second kappa shape index (κ2) is 5.15. The summed E-state index contributed by atoms with van der Waals surface area (Å²) >= 11 is 0. The first-order chi connectivity index (χ1) is 10.3. The van der Waals surface area contributed by atoms with E-state index in [-0.39, 0.29) is 0 Å². The van der Waals surface area contributed by atoms with E-state index in [2.05, 4.69) is 41.1 Å². The zero-order chi connectivity index (χ0) is 14.4. The van der Waals surface area contributed by atoms with Gasteiger partial charge in [0, 0.05) is 42.2 Å². The fourth-order valence-electron chi connectivity index (χ4n) is 4.49. The lowest BCUT2D eigenvalue weighted by Gasteiger charge is -2.46. The van der Waals surface area contributed by atoms with E-state index in [1.54, 1.807) is 0 Å². The summed E-state index contributed by atoms with van der Waals surface area (Å²) in [7, 11) is 0. The molecule has 0 radical (unpaired) electrons. The molecule has 0 unspecified atom stereocenters. The molecule has 0 spiro atoms. The summed E-state index contributed by atoms with van der Waals surface area (Å²) in [5.41, 5.74) is 4.11. The topological polar surface area (TPSA) is 39.3 Å². The highest BCUT2D eigenvalue weighted by Crippen LogP contribution is 2.44. The molecule has 1 fully saturated rings. The molecular formula is C18H24N2O. The molecule has 1 aromatic heterocycles. The number of benzene rings is 1. The maximum Gasteiger partial charge on any atom is 0.0552 e. The predicted octanol–water partition coefficient (Wildman–Crippen LogP) is 3.11. The number of H-pyrrole nitrogens is 1. The molecule has 0 saturated carbocycles. The third-order valence-corrected chi connectivity index (χ3v) is 5.57. The van der Waals surface area contributed by atoms with Crippen LogP contribution in [0, 0.1) is 11.8 Å². The van der Waals surface area contributed by atoms with Crippen molar-refractivity contribution in [3.8, 4) is 0 Å². The molecule has 21 heavy (non-hydrogen) atoms. The highest BCUT2D eigenvalue weighted by molar-refractivity contribution is 5.85. The number of aliphatic hydroxyl groups is 1. The van der Waals surface area contributed by atoms with Crippen LogP contribution < -0.4 is 0 Å². The minimum atomic E-state index is 0.298. The summed E-state index contributed by atoms with van der Waals surface area (Å²) in [5, 5.41) is 11.3. The van der Waals surface area contributed by atoms with Gasteiger partial charge in [-0.1, -0.05) is 31.5 Å². The maximum absolute atomic E-state index is 9.90. The van der Waals surface area contributed by atoms with E-state index in [9.17, 15) is 5.11 Å². The second-order valence-electron chi connectivity index (χ2n) is 6.71. The van der Waals surface area contributed by atoms with E-state index in [4.69, 9.17) is 0 Å². The van der Waals surface area contributed by atoms with Gasteiger partial charge in [0.2, 0.25) is 0 Å². The number of rotatable bonds is 2. The third kappa shape index (κ3) is 2.02. The Balaban J connectivity index is 1.79. The van der Waals surface area contributed by atoms with Gasteiger partial charge in [0.05, 0.1) is 6.04 Å². The quantitative estimate of drug-likeness (QED) is 0.889. The Morgan fingerprint density at radius 1 is 1.33 bits per heavy atom. The molecule has 3 heteroatoms. The molecule has 0 amide bonds. The van der Waals surface area contributed by atoms with Crippen LogP contribution in [0.3, 0.4) is 0 Å². The number of hydrogen-bond donors (Lipinski definition) is 2. The molecule has 3 atom stereocenters. The largest absolute Gasteiger partial charge is 0.396 e. The van der Waals surface area contributed by atoms with Gasteiger partial charge in [-0.3, -0.25) is 4.90 Å². The number of nitrogens with one attached hydrogen (secondary N) is 1. The molecule has 0 aliphatic carbocycles. The molecule has 3 heterocycles. The van der Waals surface area contributed by atoms with Gasteiger partial charge in [-0.05, 0) is 30.4 Å². The summed E-state index contributed by atoms with van der Waals surface area (Å²) in [6.45, 7) is 4.89. The van der Waals surface area contributed by atoms with E-state index >= 15 is 0 Å². The van der Waals surface area contributed by atoms with Crippen molar-refractivity contribution in [1.29, 1.82) is 0 Å². The van der Waals surface area contributed by atoms with Crippen molar-refractivity contribution < 1.29 is 5.11 Å². The summed E-state index contributed by atoms with van der Waals surface area (Å²) in [5.74, 6) is 1.11. The number of hydrogen-bond acceptors (Lipinski definition) is 2. The van der Waals surface area contributed by atoms with Gasteiger partial charge in [-0.15, -0.1) is 0 Å². The highest BCUT2D eigenvalue weighted by Gasteiger charge is 2.40. The smallest absolute Gasteiger partial charge is 0.0552 e. The van der Waals surface area contributed by atoms with Gasteiger partial charge in [0.15, 0.2) is 0 Å². The van der Waals surface area contributed by atoms with E-state index < -0.39 is 0 Å². The van der Waals surface area contributed by atoms with Gasteiger partial charge >= 0.3 is 0 Å². The Morgan fingerprint density at radius 3 is 3.00 bits per heavy atom. The van der Waals surface area contributed by atoms with Crippen LogP contribution in [0.5, 0.6) is 0 Å². The van der Waals surface area contributed by atoms with Crippen LogP contribution in [-0.4, -0.2) is 34.7 Å². The number of aromatic amines is 1. The number of fused-ring (bicyclic) bond motifs is 5. The number of aromatic nitrogens is 1. The standard InChI is InChI=1S/C18H24N2O/c1-2-12-9-13(11-21)18-17-15(7-8-20(18)10-12)14-5-3-4-6-16(14)19-17/h3-6,12-13,18-19,21H,2,7-11H2,1H3/t12-,13+,18-/m1/s1. The van der Waals surface area contributed by atoms with Crippen molar-refractivity contribution in [3.05, 3.63) is 35.5 Å². The summed E-state index contributed by atoms with van der Waals surface area (Å²) in [4.78, 5) is 6.27. The van der Waals surface area contributed by atoms with Crippen LogP contribution in [0.15, 0.2) is 24.3 Å². The van der Waals surface area contributed by atoms with Gasteiger partial charge < -0.3 is 10.1 Å². The van der Waals surface area contributed by atoms with Gasteiger partial charge in [-0.2, -0.15) is 0 Å². The Hall–Kier alpha value is -1.32. The number of nitrogens with zero attached hydrogens (tertiary/aromatic N) is 1. The number of aliphatic hydroxyl groups excluding tert-OH is 1. The number of para-hydroxylation sites is 1. The highest BCUT2D eigenvalue weighted by atomic mass is 16.3. The molecule has 2 aliphatic rings. The molecule has 1 saturated heterocycles. The van der Waals surface area contributed by atoms with Gasteiger partial charge in [0.25, 0.3) is 0 Å². The van der Waals surface area contributed by atoms with Crippen LogP contribution >= 0.6 is 0 Å². The van der Waals surface area contributed by atoms with E-state index in [1.807, 2.05) is 0 Å². The average molecular weight is 284 g/mol. The number of piperidine rings is 1. The molecule has 3 nitrogen and oxygen atoms in total. The summed E-state index contributed by atoms with van der Waals surface area (Å²) in [6.07, 6.45) is 3.51. The van der Waals surface area contributed by atoms with Crippen molar-refractivity contribution >= 4 is 10.9 Å². The maximum atomic E-state index is 9.90. The van der Waals surface area contributed by atoms with E-state index in [0.29, 0.717) is 18.6 Å². The minimum Gasteiger partial charge on any atom is -0.396 e. The zero-order valence-electron chi connectivity index (χ0n) is 12.7. The molecule has 4 rings (SSSR count). The Bertz CT molecular complexity index is 648. The molecule has 112 valence electrons. The molecule has 2 aliphatic heterocycles. The first-order valence-corrected chi connectivity index (χ1v) is 8.26. The predicted molar refractivity (Wildman–Crippen MR) is 85.3 cm³/mol. The van der Waals surface area contributed by atoms with Crippen molar-refractivity contribution in [2.75, 3.05) is 19.7 Å². The van der Waals surface area contributed by atoms with Gasteiger partial charge in [-0.25, -0.2) is 0 Å². The van der Waals surface area contributed by atoms with Crippen LogP contribution in [0.4, 0.5) is 0 Å². The van der Waals surface area contributed by atoms with Crippen molar-refractivity contribution in [2.24, 2.45) is 11.8 Å². The molecule has 2 N–H and O–H groups in total. The molecule has 1 aromatic carbocycles. The fourth-order valence-corrected chi connectivity index (χ4v) is 4.49. The summed E-state index contributed by atoms with van der Waals surface area (Å²) in [6, 6.07) is 9.00. The van der Waals surface area contributed by atoms with Crippen LogP contribution in [0.1, 0.15) is 37.1 Å². The normalized spacial score (nSPS) is 29.3. The Labute approximate surface area is 126 Å². The van der Waals surface area contributed by atoms with Crippen LogP contribution in [0.25, 0.3) is 10.9 Å². The monoisotopic (exact) mass is 284 g/mol. The van der Waals surface area contributed by atoms with Crippen molar-refractivity contribution in [1.82, 2.24) is 9.88 Å². The summed E-state index contributed by atoms with van der Waals surface area (Å²) < 4.78 is 0. The van der Waals surface area contributed by atoms with Crippen molar-refractivity contribution in [2.45, 2.75) is 32.2 Å². The lowest BCUT2D eigenvalue weighted by molar-refractivity contribution is 0.0156. The Morgan fingerprint density at radius 2 is 2.19 bits per heavy atom.